The first-order valence-electron chi connectivity index (χ1n) is 10.4. The van der Waals surface area contributed by atoms with Crippen LogP contribution < -0.4 is 5.32 Å². The van der Waals surface area contributed by atoms with Crippen molar-refractivity contribution in [1.29, 1.82) is 0 Å². The zero-order valence-electron chi connectivity index (χ0n) is 17.7. The van der Waals surface area contributed by atoms with Crippen LogP contribution in [-0.4, -0.2) is 39.2 Å². The Bertz CT molecular complexity index is 1070. The number of hydrogen-bond acceptors (Lipinski definition) is 4. The third-order valence-corrected chi connectivity index (χ3v) is 5.92. The Morgan fingerprint density at radius 3 is 2.81 bits per heavy atom. The highest BCUT2D eigenvalue weighted by atomic mass is 32.1. The second-order valence-electron chi connectivity index (χ2n) is 7.64. The molecule has 0 radical (unpaired) electrons. The van der Waals surface area contributed by atoms with Crippen molar-refractivity contribution < 1.29 is 9.53 Å². The van der Waals surface area contributed by atoms with E-state index in [1.54, 1.807) is 6.20 Å². The molecule has 1 N–H and O–H groups in total. The highest BCUT2D eigenvalue weighted by Gasteiger charge is 2.41. The summed E-state index contributed by atoms with van der Waals surface area (Å²) in [4.78, 5) is 18.4. The van der Waals surface area contributed by atoms with E-state index in [0.717, 1.165) is 17.1 Å². The number of ether oxygens (including phenoxy) is 1. The maximum atomic E-state index is 11.6. The Balaban J connectivity index is 1.72. The second-order valence-corrected chi connectivity index (χ2v) is 8.03. The van der Waals surface area contributed by atoms with E-state index in [2.05, 4.69) is 69.3 Å². The van der Waals surface area contributed by atoms with Gasteiger partial charge in [0, 0.05) is 36.7 Å². The number of aromatic nitrogens is 2. The van der Waals surface area contributed by atoms with Gasteiger partial charge in [-0.3, -0.25) is 9.78 Å². The van der Waals surface area contributed by atoms with Gasteiger partial charge in [-0.15, -0.1) is 0 Å². The van der Waals surface area contributed by atoms with Gasteiger partial charge in [0.05, 0.1) is 24.9 Å². The van der Waals surface area contributed by atoms with Gasteiger partial charge in [-0.1, -0.05) is 18.2 Å². The van der Waals surface area contributed by atoms with Gasteiger partial charge >= 0.3 is 5.97 Å². The summed E-state index contributed by atoms with van der Waals surface area (Å²) >= 11 is 5.72. The lowest BCUT2D eigenvalue weighted by atomic mass is 10.0. The predicted molar refractivity (Wildman–Crippen MR) is 124 cm³/mol. The van der Waals surface area contributed by atoms with Crippen molar-refractivity contribution in [3.63, 3.8) is 0 Å². The molecule has 31 heavy (non-hydrogen) atoms. The van der Waals surface area contributed by atoms with Crippen LogP contribution in [0.5, 0.6) is 0 Å². The maximum absolute atomic E-state index is 11.6. The Morgan fingerprint density at radius 2 is 2.06 bits per heavy atom. The average molecular weight is 435 g/mol. The first kappa shape index (κ1) is 21.1. The molecule has 4 rings (SSSR count). The van der Waals surface area contributed by atoms with E-state index in [1.165, 1.54) is 12.7 Å². The molecule has 1 aliphatic heterocycles. The summed E-state index contributed by atoms with van der Waals surface area (Å²) < 4.78 is 7.00. The molecule has 3 aromatic rings. The molecule has 0 saturated carbocycles. The van der Waals surface area contributed by atoms with Crippen molar-refractivity contribution in [1.82, 2.24) is 19.8 Å². The molecule has 1 fully saturated rings. The number of thiocarbonyl (C=S) groups is 1. The number of rotatable bonds is 7. The third kappa shape index (κ3) is 4.46. The molecule has 1 aromatic carbocycles. The summed E-state index contributed by atoms with van der Waals surface area (Å²) in [5, 5.41) is 4.14. The number of nitrogens with zero attached hydrogens (tertiary/aromatic N) is 3. The average Bonchev–Trinajstić information content (AvgIpc) is 3.39. The normalized spacial score (nSPS) is 18.1. The lowest BCUT2D eigenvalue weighted by Crippen LogP contribution is -2.31. The minimum Gasteiger partial charge on any atom is -0.469 e. The van der Waals surface area contributed by atoms with E-state index in [4.69, 9.17) is 17.0 Å². The largest absolute Gasteiger partial charge is 0.469 e. The topological polar surface area (TPSA) is 59.4 Å². The fraction of sp³-hybridized carbons (Fsp3) is 0.292. The highest BCUT2D eigenvalue weighted by Crippen LogP contribution is 2.39. The maximum Gasteiger partial charge on any atom is 0.305 e. The van der Waals surface area contributed by atoms with Crippen LogP contribution in [0.15, 0.2) is 67.0 Å². The van der Waals surface area contributed by atoms with Gasteiger partial charge in [0.2, 0.25) is 0 Å². The molecule has 6 nitrogen and oxygen atoms in total. The predicted octanol–water partition coefficient (Wildman–Crippen LogP) is 4.11. The van der Waals surface area contributed by atoms with E-state index in [1.807, 2.05) is 18.2 Å². The lowest BCUT2D eigenvalue weighted by molar-refractivity contribution is -0.140. The number of nitrogens with one attached hydrogen (secondary N) is 1. The van der Waals surface area contributed by atoms with E-state index in [-0.39, 0.29) is 18.1 Å². The van der Waals surface area contributed by atoms with E-state index in [9.17, 15) is 4.79 Å². The van der Waals surface area contributed by atoms with Gasteiger partial charge in [0.15, 0.2) is 5.11 Å². The summed E-state index contributed by atoms with van der Waals surface area (Å²) in [6, 6.07) is 18.4. The van der Waals surface area contributed by atoms with Gasteiger partial charge in [-0.05, 0) is 67.5 Å². The van der Waals surface area contributed by atoms with Crippen molar-refractivity contribution >= 4 is 23.3 Å². The fourth-order valence-electron chi connectivity index (χ4n) is 4.11. The van der Waals surface area contributed by atoms with Crippen LogP contribution in [0.2, 0.25) is 0 Å². The Hall–Kier alpha value is -3.19. The van der Waals surface area contributed by atoms with E-state index >= 15 is 0 Å². The Morgan fingerprint density at radius 1 is 1.19 bits per heavy atom. The smallest absolute Gasteiger partial charge is 0.305 e. The first-order chi connectivity index (χ1) is 15.1. The molecule has 0 bridgehead atoms. The monoisotopic (exact) mass is 434 g/mol. The summed E-state index contributed by atoms with van der Waals surface area (Å²) in [6.07, 6.45) is 4.89. The van der Waals surface area contributed by atoms with Crippen LogP contribution in [0.25, 0.3) is 5.69 Å². The summed E-state index contributed by atoms with van der Waals surface area (Å²) in [6.45, 7) is 2.74. The van der Waals surface area contributed by atoms with E-state index in [0.29, 0.717) is 24.5 Å². The molecule has 7 heteroatoms. The van der Waals surface area contributed by atoms with Crippen molar-refractivity contribution in [2.45, 2.75) is 31.8 Å². The van der Waals surface area contributed by atoms with Crippen molar-refractivity contribution in [3.8, 4) is 5.69 Å². The third-order valence-electron chi connectivity index (χ3n) is 5.57. The van der Waals surface area contributed by atoms with Crippen LogP contribution in [-0.2, 0) is 9.53 Å². The zero-order chi connectivity index (χ0) is 21.8. The number of carbonyl (C=O) groups excluding carboxylic acids is 1. The molecule has 0 spiro atoms. The molecular weight excluding hydrogens is 408 g/mol. The highest BCUT2D eigenvalue weighted by molar-refractivity contribution is 7.80. The van der Waals surface area contributed by atoms with Gasteiger partial charge < -0.3 is 19.5 Å². The number of carbonyl (C=O) groups is 1. The minimum absolute atomic E-state index is 0.0597. The van der Waals surface area contributed by atoms with Gasteiger partial charge in [-0.2, -0.15) is 0 Å². The zero-order valence-corrected chi connectivity index (χ0v) is 18.5. The lowest BCUT2D eigenvalue weighted by Gasteiger charge is -2.29. The summed E-state index contributed by atoms with van der Waals surface area (Å²) in [5.41, 5.74) is 4.36. The molecule has 2 unspecified atom stereocenters. The van der Waals surface area contributed by atoms with Crippen molar-refractivity contribution in [3.05, 3.63) is 83.9 Å². The van der Waals surface area contributed by atoms with Crippen molar-refractivity contribution in [2.24, 2.45) is 0 Å². The molecule has 3 heterocycles. The number of hydrogen-bond donors (Lipinski definition) is 1. The Kier molecular flexibility index (Phi) is 6.32. The van der Waals surface area contributed by atoms with Gasteiger partial charge in [0.1, 0.15) is 0 Å². The number of benzene rings is 1. The standard InChI is InChI=1S/C24H26N4O2S/c1-17-8-5-9-18(16-17)27-14-6-11-20(27)23-22(19-10-3-4-13-25-19)26-24(31)28(23)15-7-12-21(29)30-2/h3-6,8-11,13-14,16,22-23H,7,12,15H2,1-2H3,(H,26,31). The van der Waals surface area contributed by atoms with Crippen molar-refractivity contribution in [2.75, 3.05) is 13.7 Å². The van der Waals surface area contributed by atoms with Crippen LogP contribution >= 0.6 is 12.2 Å². The number of methoxy groups -OCH3 is 1. The molecule has 160 valence electrons. The molecule has 2 atom stereocenters. The van der Waals surface area contributed by atoms with Gasteiger partial charge in [0.25, 0.3) is 0 Å². The number of esters is 1. The SMILES string of the molecule is COC(=O)CCCN1C(=S)NC(c2ccccn2)C1c1cccn1-c1cccc(C)c1. The quantitative estimate of drug-likeness (QED) is 0.446. The van der Waals surface area contributed by atoms with Crippen LogP contribution in [0.1, 0.15) is 41.9 Å². The summed E-state index contributed by atoms with van der Waals surface area (Å²) in [5.74, 6) is -0.209. The van der Waals surface area contributed by atoms with Crippen LogP contribution in [0.4, 0.5) is 0 Å². The molecule has 2 aromatic heterocycles. The molecule has 0 aliphatic carbocycles. The Labute approximate surface area is 187 Å². The molecule has 1 aliphatic rings. The molecular formula is C24H26N4O2S. The minimum atomic E-state index is -0.209. The van der Waals surface area contributed by atoms with Gasteiger partial charge in [-0.25, -0.2) is 0 Å². The van der Waals surface area contributed by atoms with Crippen LogP contribution in [0, 0.1) is 6.92 Å². The van der Waals surface area contributed by atoms with Crippen LogP contribution in [0.3, 0.4) is 0 Å². The first-order valence-corrected chi connectivity index (χ1v) is 10.8. The number of pyridine rings is 1. The van der Waals surface area contributed by atoms with E-state index < -0.39 is 0 Å². The molecule has 0 amide bonds. The molecule has 1 saturated heterocycles. The number of aryl methyl sites for hydroxylation is 1. The fourth-order valence-corrected chi connectivity index (χ4v) is 4.44. The second kappa shape index (κ2) is 9.31. The summed E-state index contributed by atoms with van der Waals surface area (Å²) in [7, 11) is 1.42.